The summed E-state index contributed by atoms with van der Waals surface area (Å²) < 4.78 is 9.40. The standard InChI is InChI=1S/C12H21NO5/c1-4-7-8-13-10(14)9(11(15)17-5-2)12(16)18-6-3/h9H,4-8H2,1-3H3,(H,13,14). The van der Waals surface area contributed by atoms with Crippen LogP contribution in [0, 0.1) is 5.92 Å². The first-order valence-electron chi connectivity index (χ1n) is 6.19. The number of unbranched alkanes of at least 4 members (excludes halogenated alkanes) is 1. The van der Waals surface area contributed by atoms with Crippen molar-refractivity contribution in [3.8, 4) is 0 Å². The van der Waals surface area contributed by atoms with E-state index in [9.17, 15) is 14.4 Å². The van der Waals surface area contributed by atoms with Crippen molar-refractivity contribution in [1.29, 1.82) is 0 Å². The molecule has 0 saturated heterocycles. The number of carbonyl (C=O) groups is 3. The van der Waals surface area contributed by atoms with E-state index < -0.39 is 23.8 Å². The molecular weight excluding hydrogens is 238 g/mol. The summed E-state index contributed by atoms with van der Waals surface area (Å²) >= 11 is 0. The molecular formula is C12H21NO5. The van der Waals surface area contributed by atoms with Crippen molar-refractivity contribution in [1.82, 2.24) is 5.32 Å². The molecule has 0 aliphatic carbocycles. The highest BCUT2D eigenvalue weighted by atomic mass is 16.6. The molecule has 0 bridgehead atoms. The Morgan fingerprint density at radius 1 is 1.00 bits per heavy atom. The van der Waals surface area contributed by atoms with Gasteiger partial charge in [-0.1, -0.05) is 13.3 Å². The maximum Gasteiger partial charge on any atom is 0.330 e. The lowest BCUT2D eigenvalue weighted by Crippen LogP contribution is -2.42. The van der Waals surface area contributed by atoms with Crippen LogP contribution < -0.4 is 5.32 Å². The van der Waals surface area contributed by atoms with E-state index in [1.54, 1.807) is 13.8 Å². The Morgan fingerprint density at radius 3 is 1.89 bits per heavy atom. The second-order valence-electron chi connectivity index (χ2n) is 3.58. The molecule has 1 amide bonds. The fourth-order valence-electron chi connectivity index (χ4n) is 1.25. The molecule has 0 fully saturated rings. The van der Waals surface area contributed by atoms with Gasteiger partial charge in [0.15, 0.2) is 0 Å². The molecule has 0 aromatic carbocycles. The van der Waals surface area contributed by atoms with E-state index >= 15 is 0 Å². The molecule has 0 aromatic rings. The SMILES string of the molecule is CCCCNC(=O)C(C(=O)OCC)C(=O)OCC. The minimum absolute atomic E-state index is 0.108. The van der Waals surface area contributed by atoms with Crippen LogP contribution in [0.3, 0.4) is 0 Å². The molecule has 0 aromatic heterocycles. The molecule has 0 unspecified atom stereocenters. The van der Waals surface area contributed by atoms with E-state index in [1.807, 2.05) is 6.92 Å². The molecule has 0 aliphatic heterocycles. The predicted molar refractivity (Wildman–Crippen MR) is 64.7 cm³/mol. The third-order valence-corrected chi connectivity index (χ3v) is 2.14. The third kappa shape index (κ3) is 5.65. The zero-order valence-electron chi connectivity index (χ0n) is 11.2. The van der Waals surface area contributed by atoms with Crippen molar-refractivity contribution in [3.05, 3.63) is 0 Å². The molecule has 18 heavy (non-hydrogen) atoms. The monoisotopic (exact) mass is 259 g/mol. The zero-order chi connectivity index (χ0) is 14.0. The maximum absolute atomic E-state index is 11.7. The van der Waals surface area contributed by atoms with Crippen molar-refractivity contribution in [2.24, 2.45) is 5.92 Å². The average Bonchev–Trinajstić information content (AvgIpc) is 2.30. The smallest absolute Gasteiger partial charge is 0.330 e. The highest BCUT2D eigenvalue weighted by molar-refractivity contribution is 6.14. The van der Waals surface area contributed by atoms with Gasteiger partial charge in [0.05, 0.1) is 13.2 Å². The van der Waals surface area contributed by atoms with Crippen molar-refractivity contribution in [2.75, 3.05) is 19.8 Å². The van der Waals surface area contributed by atoms with Crippen molar-refractivity contribution >= 4 is 17.8 Å². The van der Waals surface area contributed by atoms with Crippen molar-refractivity contribution in [2.45, 2.75) is 33.6 Å². The van der Waals surface area contributed by atoms with Gasteiger partial charge in [0.25, 0.3) is 0 Å². The van der Waals surface area contributed by atoms with Crippen LogP contribution in [0.15, 0.2) is 0 Å². The molecule has 0 rings (SSSR count). The van der Waals surface area contributed by atoms with Gasteiger partial charge in [-0.05, 0) is 20.3 Å². The van der Waals surface area contributed by atoms with E-state index in [1.165, 1.54) is 0 Å². The van der Waals surface area contributed by atoms with Gasteiger partial charge in [-0.2, -0.15) is 0 Å². The average molecular weight is 259 g/mol. The number of hydrogen-bond acceptors (Lipinski definition) is 5. The van der Waals surface area contributed by atoms with Crippen LogP contribution >= 0.6 is 0 Å². The molecule has 0 radical (unpaired) electrons. The van der Waals surface area contributed by atoms with E-state index in [0.717, 1.165) is 12.8 Å². The van der Waals surface area contributed by atoms with Gasteiger partial charge >= 0.3 is 11.9 Å². The van der Waals surface area contributed by atoms with Crippen LogP contribution in [0.25, 0.3) is 0 Å². The number of nitrogens with one attached hydrogen (secondary N) is 1. The topological polar surface area (TPSA) is 81.7 Å². The van der Waals surface area contributed by atoms with Gasteiger partial charge in [-0.15, -0.1) is 0 Å². The Hall–Kier alpha value is -1.59. The van der Waals surface area contributed by atoms with E-state index in [0.29, 0.717) is 6.54 Å². The van der Waals surface area contributed by atoms with Crippen LogP contribution in [0.4, 0.5) is 0 Å². The Balaban J connectivity index is 4.58. The maximum atomic E-state index is 11.7. The van der Waals surface area contributed by atoms with Gasteiger partial charge in [-0.3, -0.25) is 14.4 Å². The Labute approximate surface area is 107 Å². The summed E-state index contributed by atoms with van der Waals surface area (Å²) in [6, 6.07) is 0. The fourth-order valence-corrected chi connectivity index (χ4v) is 1.25. The van der Waals surface area contributed by atoms with E-state index in [2.05, 4.69) is 5.32 Å². The number of esters is 2. The largest absolute Gasteiger partial charge is 0.465 e. The normalized spacial score (nSPS) is 10.0. The van der Waals surface area contributed by atoms with Gasteiger partial charge in [0, 0.05) is 6.54 Å². The summed E-state index contributed by atoms with van der Waals surface area (Å²) in [5, 5.41) is 2.52. The lowest BCUT2D eigenvalue weighted by atomic mass is 10.1. The second kappa shape index (κ2) is 9.44. The van der Waals surface area contributed by atoms with Gasteiger partial charge < -0.3 is 14.8 Å². The quantitative estimate of drug-likeness (QED) is 0.393. The van der Waals surface area contributed by atoms with Crippen LogP contribution in [0.1, 0.15) is 33.6 Å². The van der Waals surface area contributed by atoms with Crippen LogP contribution in [0.5, 0.6) is 0 Å². The first-order valence-corrected chi connectivity index (χ1v) is 6.19. The molecule has 0 heterocycles. The molecule has 1 N–H and O–H groups in total. The molecule has 0 spiro atoms. The minimum Gasteiger partial charge on any atom is -0.465 e. The van der Waals surface area contributed by atoms with E-state index in [4.69, 9.17) is 9.47 Å². The molecule has 6 heteroatoms. The Morgan fingerprint density at radius 2 is 1.50 bits per heavy atom. The molecule has 6 nitrogen and oxygen atoms in total. The van der Waals surface area contributed by atoms with Gasteiger partial charge in [0.1, 0.15) is 0 Å². The minimum atomic E-state index is -1.53. The highest BCUT2D eigenvalue weighted by Gasteiger charge is 2.36. The molecule has 0 saturated carbocycles. The summed E-state index contributed by atoms with van der Waals surface area (Å²) in [4.78, 5) is 34.8. The summed E-state index contributed by atoms with van der Waals surface area (Å²) in [6.45, 7) is 5.82. The van der Waals surface area contributed by atoms with Crippen molar-refractivity contribution < 1.29 is 23.9 Å². The van der Waals surface area contributed by atoms with Crippen LogP contribution in [-0.2, 0) is 23.9 Å². The van der Waals surface area contributed by atoms with Crippen LogP contribution in [-0.4, -0.2) is 37.6 Å². The number of rotatable bonds is 8. The van der Waals surface area contributed by atoms with Crippen LogP contribution in [0.2, 0.25) is 0 Å². The van der Waals surface area contributed by atoms with Gasteiger partial charge in [0.2, 0.25) is 11.8 Å². The first-order chi connectivity index (χ1) is 8.58. The number of ether oxygens (including phenoxy) is 2. The lowest BCUT2D eigenvalue weighted by molar-refractivity contribution is -0.164. The van der Waals surface area contributed by atoms with Gasteiger partial charge in [-0.25, -0.2) is 0 Å². The number of hydrogen-bond donors (Lipinski definition) is 1. The Bertz CT molecular complexity index is 272. The highest BCUT2D eigenvalue weighted by Crippen LogP contribution is 2.04. The number of amides is 1. The lowest BCUT2D eigenvalue weighted by Gasteiger charge is -2.14. The predicted octanol–water partition coefficient (Wildman–Crippen LogP) is 0.645. The van der Waals surface area contributed by atoms with E-state index in [-0.39, 0.29) is 13.2 Å². The summed E-state index contributed by atoms with van der Waals surface area (Å²) in [5.74, 6) is -3.93. The number of carbonyl (C=O) groups excluding carboxylic acids is 3. The molecule has 0 aliphatic rings. The zero-order valence-corrected chi connectivity index (χ0v) is 11.2. The summed E-state index contributed by atoms with van der Waals surface area (Å²) in [7, 11) is 0. The summed E-state index contributed by atoms with van der Waals surface area (Å²) in [6.07, 6.45) is 1.69. The summed E-state index contributed by atoms with van der Waals surface area (Å²) in [5.41, 5.74) is 0. The van der Waals surface area contributed by atoms with Crippen molar-refractivity contribution in [3.63, 3.8) is 0 Å². The second-order valence-corrected chi connectivity index (χ2v) is 3.58. The third-order valence-electron chi connectivity index (χ3n) is 2.14. The first kappa shape index (κ1) is 16.4. The molecule has 0 atom stereocenters. The fraction of sp³-hybridized carbons (Fsp3) is 0.750. The Kier molecular flexibility index (Phi) is 8.61. The molecule has 104 valence electrons.